The first kappa shape index (κ1) is 14.8. The fourth-order valence-electron chi connectivity index (χ4n) is 1.87. The highest BCUT2D eigenvalue weighted by Gasteiger charge is 2.07. The summed E-state index contributed by atoms with van der Waals surface area (Å²) in [5.41, 5.74) is 1.14. The van der Waals surface area contributed by atoms with E-state index in [0.29, 0.717) is 13.0 Å². The first-order valence-corrected chi connectivity index (χ1v) is 7.54. The molecule has 2 aromatic rings. The molecule has 0 spiro atoms. The molecular weight excluding hydrogens is 318 g/mol. The number of aromatic nitrogens is 2. The Morgan fingerprint density at radius 3 is 2.75 bits per heavy atom. The van der Waals surface area contributed by atoms with Crippen molar-refractivity contribution in [1.29, 1.82) is 0 Å². The van der Waals surface area contributed by atoms with E-state index < -0.39 is 0 Å². The van der Waals surface area contributed by atoms with Gasteiger partial charge in [-0.3, -0.25) is 4.79 Å². The topological polar surface area (TPSA) is 46.9 Å². The average molecular weight is 336 g/mol. The van der Waals surface area contributed by atoms with Gasteiger partial charge in [-0.2, -0.15) is 5.10 Å². The fourth-order valence-corrected chi connectivity index (χ4v) is 2.13. The second kappa shape index (κ2) is 7.24. The van der Waals surface area contributed by atoms with Crippen LogP contribution in [0.5, 0.6) is 0 Å². The van der Waals surface area contributed by atoms with Gasteiger partial charge in [0.15, 0.2) is 0 Å². The number of nitrogens with zero attached hydrogens (tertiary/aromatic N) is 2. The lowest BCUT2D eigenvalue weighted by molar-refractivity contribution is -0.116. The highest BCUT2D eigenvalue weighted by atomic mass is 79.9. The summed E-state index contributed by atoms with van der Waals surface area (Å²) in [7, 11) is 0. The Kier molecular flexibility index (Phi) is 5.35. The quantitative estimate of drug-likeness (QED) is 0.872. The first-order valence-electron chi connectivity index (χ1n) is 6.75. The molecule has 1 N–H and O–H groups in total. The third-order valence-electron chi connectivity index (χ3n) is 2.99. The summed E-state index contributed by atoms with van der Waals surface area (Å²) in [5, 5.41) is 7.17. The number of amides is 1. The molecule has 1 amide bonds. The predicted molar refractivity (Wildman–Crippen MR) is 83.6 cm³/mol. The largest absolute Gasteiger partial charge is 0.311 e. The van der Waals surface area contributed by atoms with Crippen molar-refractivity contribution in [3.8, 4) is 0 Å². The molecule has 106 valence electrons. The number of anilines is 1. The number of unbranched alkanes of at least 4 members (excludes halogenated alkanes) is 1. The van der Waals surface area contributed by atoms with E-state index >= 15 is 0 Å². The van der Waals surface area contributed by atoms with E-state index in [1.165, 1.54) is 0 Å². The van der Waals surface area contributed by atoms with Gasteiger partial charge in [-0.25, -0.2) is 4.68 Å². The van der Waals surface area contributed by atoms with Gasteiger partial charge in [0.1, 0.15) is 5.82 Å². The Balaban J connectivity index is 2.01. The summed E-state index contributed by atoms with van der Waals surface area (Å²) in [6, 6.07) is 9.89. The maximum Gasteiger partial charge on any atom is 0.225 e. The van der Waals surface area contributed by atoms with Gasteiger partial charge >= 0.3 is 0 Å². The molecule has 2 rings (SSSR count). The lowest BCUT2D eigenvalue weighted by atomic mass is 10.2. The summed E-state index contributed by atoms with van der Waals surface area (Å²) in [6.45, 7) is 2.72. The van der Waals surface area contributed by atoms with Crippen LogP contribution in [0.3, 0.4) is 0 Å². The Morgan fingerprint density at radius 2 is 2.05 bits per heavy atom. The minimum absolute atomic E-state index is 0.0457. The Hall–Kier alpha value is -1.62. The molecule has 0 aliphatic heterocycles. The van der Waals surface area contributed by atoms with Crippen molar-refractivity contribution in [2.24, 2.45) is 0 Å². The van der Waals surface area contributed by atoms with Crippen LogP contribution in [0.25, 0.3) is 0 Å². The normalized spacial score (nSPS) is 10.5. The van der Waals surface area contributed by atoms with Gasteiger partial charge in [0.25, 0.3) is 0 Å². The van der Waals surface area contributed by atoms with Crippen LogP contribution in [0, 0.1) is 0 Å². The molecule has 20 heavy (non-hydrogen) atoms. The number of hydrogen-bond donors (Lipinski definition) is 1. The fraction of sp³-hybridized carbons (Fsp3) is 0.333. The number of carbonyl (C=O) groups is 1. The van der Waals surface area contributed by atoms with Crippen LogP contribution >= 0.6 is 15.9 Å². The standard InChI is InChI=1S/C15H18BrN3O/c1-2-3-4-15(20)18-14-9-10-17-19(14)11-12-5-7-13(16)8-6-12/h5-10H,2-4,11H2,1H3,(H,18,20). The molecule has 1 heterocycles. The van der Waals surface area contributed by atoms with Crippen molar-refractivity contribution in [2.45, 2.75) is 32.7 Å². The van der Waals surface area contributed by atoms with Crippen LogP contribution in [0.1, 0.15) is 31.7 Å². The summed E-state index contributed by atoms with van der Waals surface area (Å²) in [5.74, 6) is 0.790. The lowest BCUT2D eigenvalue weighted by Gasteiger charge is -2.09. The van der Waals surface area contributed by atoms with E-state index in [4.69, 9.17) is 0 Å². The van der Waals surface area contributed by atoms with Crippen LogP contribution < -0.4 is 5.32 Å². The molecule has 1 aromatic carbocycles. The minimum atomic E-state index is 0.0457. The van der Waals surface area contributed by atoms with Crippen molar-refractivity contribution >= 4 is 27.7 Å². The van der Waals surface area contributed by atoms with E-state index in [-0.39, 0.29) is 5.91 Å². The summed E-state index contributed by atoms with van der Waals surface area (Å²) in [6.07, 6.45) is 4.19. The van der Waals surface area contributed by atoms with Crippen LogP contribution in [0.15, 0.2) is 41.0 Å². The molecule has 1 aromatic heterocycles. The molecule has 0 bridgehead atoms. The molecule has 5 heteroatoms. The van der Waals surface area contributed by atoms with Gasteiger partial charge in [-0.05, 0) is 24.1 Å². The first-order chi connectivity index (χ1) is 9.69. The van der Waals surface area contributed by atoms with E-state index in [9.17, 15) is 4.79 Å². The smallest absolute Gasteiger partial charge is 0.225 e. The highest BCUT2D eigenvalue weighted by Crippen LogP contribution is 2.14. The van der Waals surface area contributed by atoms with Crippen molar-refractivity contribution in [2.75, 3.05) is 5.32 Å². The highest BCUT2D eigenvalue weighted by molar-refractivity contribution is 9.10. The zero-order chi connectivity index (χ0) is 14.4. The molecule has 0 aliphatic carbocycles. The Morgan fingerprint density at radius 1 is 1.30 bits per heavy atom. The number of nitrogens with one attached hydrogen (secondary N) is 1. The molecule has 0 saturated carbocycles. The van der Waals surface area contributed by atoms with Crippen LogP contribution in [0.2, 0.25) is 0 Å². The van der Waals surface area contributed by atoms with Gasteiger partial charge < -0.3 is 5.32 Å². The molecule has 0 saturated heterocycles. The SMILES string of the molecule is CCCCC(=O)Nc1ccnn1Cc1ccc(Br)cc1. The maximum atomic E-state index is 11.8. The van der Waals surface area contributed by atoms with Gasteiger partial charge in [0.05, 0.1) is 12.7 Å². The summed E-state index contributed by atoms with van der Waals surface area (Å²) in [4.78, 5) is 11.8. The summed E-state index contributed by atoms with van der Waals surface area (Å²) < 4.78 is 2.85. The number of halogens is 1. The monoisotopic (exact) mass is 335 g/mol. The number of carbonyl (C=O) groups excluding carboxylic acids is 1. The van der Waals surface area contributed by atoms with Gasteiger partial charge in [-0.15, -0.1) is 0 Å². The number of rotatable bonds is 6. The van der Waals surface area contributed by atoms with Crippen LogP contribution in [-0.2, 0) is 11.3 Å². The van der Waals surface area contributed by atoms with Crippen molar-refractivity contribution in [1.82, 2.24) is 9.78 Å². The lowest BCUT2D eigenvalue weighted by Crippen LogP contribution is -2.15. The van der Waals surface area contributed by atoms with Crippen molar-refractivity contribution in [3.05, 3.63) is 46.6 Å². The molecule has 4 nitrogen and oxygen atoms in total. The van der Waals surface area contributed by atoms with E-state index in [1.54, 1.807) is 10.9 Å². The second-order valence-corrected chi connectivity index (χ2v) is 5.57. The average Bonchev–Trinajstić information content (AvgIpc) is 2.86. The molecule has 0 fully saturated rings. The van der Waals surface area contributed by atoms with Crippen LogP contribution in [0.4, 0.5) is 5.82 Å². The molecule has 0 unspecified atom stereocenters. The van der Waals surface area contributed by atoms with E-state index in [1.807, 2.05) is 30.3 Å². The zero-order valence-electron chi connectivity index (χ0n) is 11.5. The van der Waals surface area contributed by atoms with E-state index in [0.717, 1.165) is 28.7 Å². The third kappa shape index (κ3) is 4.20. The van der Waals surface area contributed by atoms with Crippen LogP contribution in [-0.4, -0.2) is 15.7 Å². The minimum Gasteiger partial charge on any atom is -0.311 e. The number of benzene rings is 1. The predicted octanol–water partition coefficient (Wildman–Crippen LogP) is 3.82. The second-order valence-electron chi connectivity index (χ2n) is 4.65. The van der Waals surface area contributed by atoms with Crippen molar-refractivity contribution in [3.63, 3.8) is 0 Å². The van der Waals surface area contributed by atoms with Gasteiger partial charge in [0.2, 0.25) is 5.91 Å². The maximum absolute atomic E-state index is 11.8. The Labute approximate surface area is 127 Å². The third-order valence-corrected chi connectivity index (χ3v) is 3.52. The zero-order valence-corrected chi connectivity index (χ0v) is 13.1. The van der Waals surface area contributed by atoms with Gasteiger partial charge in [-0.1, -0.05) is 41.4 Å². The van der Waals surface area contributed by atoms with Gasteiger partial charge in [0, 0.05) is 17.0 Å². The number of hydrogen-bond acceptors (Lipinski definition) is 2. The molecule has 0 radical (unpaired) electrons. The molecule has 0 atom stereocenters. The Bertz CT molecular complexity index is 563. The molecular formula is C15H18BrN3O. The molecule has 0 aliphatic rings. The van der Waals surface area contributed by atoms with Crippen molar-refractivity contribution < 1.29 is 4.79 Å². The summed E-state index contributed by atoms with van der Waals surface area (Å²) >= 11 is 3.42. The van der Waals surface area contributed by atoms with E-state index in [2.05, 4.69) is 33.3 Å².